The van der Waals surface area contributed by atoms with Gasteiger partial charge in [0.1, 0.15) is 6.61 Å². The second-order valence-electron chi connectivity index (χ2n) is 4.54. The lowest BCUT2D eigenvalue weighted by atomic mass is 10.1. The molecule has 2 heteroatoms. The minimum atomic E-state index is 0.586. The zero-order valence-corrected chi connectivity index (χ0v) is 13.5. The minimum absolute atomic E-state index is 0.586. The van der Waals surface area contributed by atoms with Crippen molar-refractivity contribution >= 4 is 0 Å². The first-order valence-corrected chi connectivity index (χ1v) is 7.92. The average Bonchev–Trinajstić information content (AvgIpc) is 2.52. The molecule has 0 aliphatic carbocycles. The van der Waals surface area contributed by atoms with Gasteiger partial charge in [0.25, 0.3) is 0 Å². The second-order valence-corrected chi connectivity index (χ2v) is 4.54. The number of hydrogen-bond acceptors (Lipinski definition) is 2. The Morgan fingerprint density at radius 1 is 1.05 bits per heavy atom. The molecule has 0 radical (unpaired) electrons. The Kier molecular flexibility index (Phi) is 13.0. The Balaban J connectivity index is 0.00000172. The molecule has 0 unspecified atom stereocenters. The van der Waals surface area contributed by atoms with Gasteiger partial charge in [0.15, 0.2) is 5.88 Å². The zero-order chi connectivity index (χ0) is 15.1. The van der Waals surface area contributed by atoms with Crippen LogP contribution in [0.5, 0.6) is 0 Å². The largest absolute Gasteiger partial charge is 0.475 e. The third-order valence-corrected chi connectivity index (χ3v) is 2.86. The highest BCUT2D eigenvalue weighted by Crippen LogP contribution is 2.04. The summed E-state index contributed by atoms with van der Waals surface area (Å²) in [6, 6.07) is 10.1. The van der Waals surface area contributed by atoms with Crippen LogP contribution in [0, 0.1) is 0 Å². The molecule has 1 aromatic carbocycles. The van der Waals surface area contributed by atoms with Gasteiger partial charge in [-0.2, -0.15) is 0 Å². The summed E-state index contributed by atoms with van der Waals surface area (Å²) in [5.74, 6) is 0.675. The van der Waals surface area contributed by atoms with Gasteiger partial charge in [0.05, 0.1) is 0 Å². The summed E-state index contributed by atoms with van der Waals surface area (Å²) in [4.78, 5) is 0. The smallest absolute Gasteiger partial charge is 0.179 e. The number of hydrogen-bond donors (Lipinski definition) is 1. The predicted octanol–water partition coefficient (Wildman–Crippen LogP) is 5.26. The van der Waals surface area contributed by atoms with E-state index in [9.17, 15) is 0 Å². The molecular formula is C18H31NO. The van der Waals surface area contributed by atoms with E-state index in [1.807, 2.05) is 32.0 Å². The molecular weight excluding hydrogens is 246 g/mol. The van der Waals surface area contributed by atoms with Crippen molar-refractivity contribution in [3.63, 3.8) is 0 Å². The molecule has 0 bridgehead atoms. The fourth-order valence-electron chi connectivity index (χ4n) is 1.75. The molecule has 0 aliphatic rings. The van der Waals surface area contributed by atoms with E-state index < -0.39 is 0 Å². The van der Waals surface area contributed by atoms with Crippen LogP contribution in [0.4, 0.5) is 0 Å². The topological polar surface area (TPSA) is 21.3 Å². The first-order valence-electron chi connectivity index (χ1n) is 7.92. The van der Waals surface area contributed by atoms with Gasteiger partial charge in [-0.3, -0.25) is 0 Å². The third kappa shape index (κ3) is 10.5. The van der Waals surface area contributed by atoms with Crippen LogP contribution in [-0.2, 0) is 11.3 Å². The normalized spacial score (nSPS) is 9.35. The molecule has 0 spiro atoms. The van der Waals surface area contributed by atoms with E-state index in [4.69, 9.17) is 4.74 Å². The van der Waals surface area contributed by atoms with Crippen LogP contribution < -0.4 is 5.32 Å². The molecule has 114 valence electrons. The van der Waals surface area contributed by atoms with Gasteiger partial charge in [0, 0.05) is 6.54 Å². The van der Waals surface area contributed by atoms with Crippen LogP contribution >= 0.6 is 0 Å². The highest BCUT2D eigenvalue weighted by molar-refractivity contribution is 5.13. The van der Waals surface area contributed by atoms with Crippen LogP contribution in [0.25, 0.3) is 0 Å². The summed E-state index contributed by atoms with van der Waals surface area (Å²) in [7, 11) is 0. The van der Waals surface area contributed by atoms with E-state index >= 15 is 0 Å². The molecule has 0 atom stereocenters. The molecule has 0 aliphatic heterocycles. The first kappa shape index (κ1) is 18.6. The maximum Gasteiger partial charge on any atom is 0.179 e. The van der Waals surface area contributed by atoms with Crippen LogP contribution in [0.15, 0.2) is 42.8 Å². The van der Waals surface area contributed by atoms with E-state index in [0.29, 0.717) is 12.5 Å². The van der Waals surface area contributed by atoms with Crippen molar-refractivity contribution in [3.8, 4) is 0 Å². The molecule has 0 amide bonds. The van der Waals surface area contributed by atoms with Gasteiger partial charge in [-0.25, -0.2) is 0 Å². The Morgan fingerprint density at radius 2 is 1.70 bits per heavy atom. The molecule has 0 fully saturated rings. The van der Waals surface area contributed by atoms with Crippen LogP contribution in [-0.4, -0.2) is 6.54 Å². The monoisotopic (exact) mass is 277 g/mol. The Labute approximate surface area is 125 Å². The fourth-order valence-corrected chi connectivity index (χ4v) is 1.75. The second kappa shape index (κ2) is 14.0. The van der Waals surface area contributed by atoms with Crippen molar-refractivity contribution in [2.75, 3.05) is 6.54 Å². The summed E-state index contributed by atoms with van der Waals surface area (Å²) in [5, 5.41) is 3.21. The fraction of sp³-hybridized carbons (Fsp3) is 0.556. The molecule has 0 saturated heterocycles. The molecule has 1 rings (SSSR count). The molecule has 0 heterocycles. The number of nitrogens with one attached hydrogen (secondary N) is 1. The Bertz CT molecular complexity index is 321. The highest BCUT2D eigenvalue weighted by atomic mass is 16.5. The molecule has 0 saturated carbocycles. The van der Waals surface area contributed by atoms with Crippen LogP contribution in [0.2, 0.25) is 0 Å². The first-order chi connectivity index (χ1) is 9.83. The minimum Gasteiger partial charge on any atom is -0.475 e. The third-order valence-electron chi connectivity index (χ3n) is 2.86. The van der Waals surface area contributed by atoms with Gasteiger partial charge in [-0.05, 0) is 18.6 Å². The predicted molar refractivity (Wildman–Crippen MR) is 88.5 cm³/mol. The lowest BCUT2D eigenvalue weighted by Crippen LogP contribution is -2.16. The number of rotatable bonds is 10. The molecule has 2 nitrogen and oxygen atoms in total. The number of benzene rings is 1. The lowest BCUT2D eigenvalue weighted by Gasteiger charge is -2.11. The summed E-state index contributed by atoms with van der Waals surface area (Å²) in [5.41, 5.74) is 1.17. The van der Waals surface area contributed by atoms with Crippen LogP contribution in [0.1, 0.15) is 58.4 Å². The van der Waals surface area contributed by atoms with E-state index in [2.05, 4.69) is 31.0 Å². The van der Waals surface area contributed by atoms with E-state index in [-0.39, 0.29) is 0 Å². The van der Waals surface area contributed by atoms with Crippen molar-refractivity contribution in [2.45, 2.75) is 59.5 Å². The van der Waals surface area contributed by atoms with Crippen molar-refractivity contribution in [1.82, 2.24) is 5.32 Å². The van der Waals surface area contributed by atoms with Gasteiger partial charge in [-0.1, -0.05) is 76.8 Å². The Morgan fingerprint density at radius 3 is 2.35 bits per heavy atom. The van der Waals surface area contributed by atoms with E-state index in [0.717, 1.165) is 6.54 Å². The Hall–Kier alpha value is -1.44. The van der Waals surface area contributed by atoms with Gasteiger partial charge in [-0.15, -0.1) is 0 Å². The van der Waals surface area contributed by atoms with Crippen molar-refractivity contribution in [3.05, 3.63) is 48.4 Å². The quantitative estimate of drug-likeness (QED) is 0.465. The zero-order valence-electron chi connectivity index (χ0n) is 13.5. The van der Waals surface area contributed by atoms with Gasteiger partial charge >= 0.3 is 0 Å². The van der Waals surface area contributed by atoms with Crippen molar-refractivity contribution < 1.29 is 4.74 Å². The summed E-state index contributed by atoms with van der Waals surface area (Å²) < 4.78 is 5.55. The van der Waals surface area contributed by atoms with E-state index in [1.165, 1.54) is 37.7 Å². The van der Waals surface area contributed by atoms with Crippen molar-refractivity contribution in [2.24, 2.45) is 0 Å². The SMILES string of the molecule is C=C(NCCCCCCC)OCc1ccccc1.CC. The number of unbranched alkanes of at least 4 members (excludes halogenated alkanes) is 4. The average molecular weight is 277 g/mol. The standard InChI is InChI=1S/C16H25NO.C2H6/c1-3-4-5-6-10-13-17-15(2)18-14-16-11-8-7-9-12-16;1-2/h7-9,11-12,17H,2-6,10,13-14H2,1H3;1-2H3. The van der Waals surface area contributed by atoms with Crippen LogP contribution in [0.3, 0.4) is 0 Å². The van der Waals surface area contributed by atoms with Gasteiger partial charge < -0.3 is 10.1 Å². The molecule has 20 heavy (non-hydrogen) atoms. The molecule has 1 N–H and O–H groups in total. The maximum absolute atomic E-state index is 5.55. The maximum atomic E-state index is 5.55. The van der Waals surface area contributed by atoms with Gasteiger partial charge in [0.2, 0.25) is 0 Å². The summed E-state index contributed by atoms with van der Waals surface area (Å²) in [6.07, 6.45) is 6.43. The number of ether oxygens (including phenoxy) is 1. The molecule has 1 aromatic rings. The highest BCUT2D eigenvalue weighted by Gasteiger charge is 1.96. The lowest BCUT2D eigenvalue weighted by molar-refractivity contribution is 0.179. The summed E-state index contributed by atoms with van der Waals surface area (Å²) >= 11 is 0. The van der Waals surface area contributed by atoms with Crippen molar-refractivity contribution in [1.29, 1.82) is 0 Å². The molecule has 0 aromatic heterocycles. The van der Waals surface area contributed by atoms with E-state index in [1.54, 1.807) is 0 Å². The summed E-state index contributed by atoms with van der Waals surface area (Å²) in [6.45, 7) is 11.6.